The molecule has 1 aromatic rings. The quantitative estimate of drug-likeness (QED) is 0.331. The molecule has 3 aliphatic carbocycles. The van der Waals surface area contributed by atoms with E-state index in [-0.39, 0.29) is 24.2 Å². The van der Waals surface area contributed by atoms with E-state index in [4.69, 9.17) is 23.4 Å². The number of carbonyl (C=O) groups excluding carboxylic acids is 3. The Hall–Kier alpha value is -2.69. The number of rotatable bonds is 3. The van der Waals surface area contributed by atoms with Gasteiger partial charge in [0.05, 0.1) is 26.1 Å². The van der Waals surface area contributed by atoms with E-state index in [2.05, 4.69) is 6.92 Å². The molecule has 0 radical (unpaired) electrons. The Balaban J connectivity index is 1.58. The van der Waals surface area contributed by atoms with Crippen LogP contribution in [0, 0.1) is 34.0 Å². The fraction of sp³-hybridized carbons (Fsp3) is 0.690. The van der Waals surface area contributed by atoms with Crippen LogP contribution < -0.4 is 0 Å². The lowest BCUT2D eigenvalue weighted by Crippen LogP contribution is -2.79. The Morgan fingerprint density at radius 3 is 2.46 bits per heavy atom. The largest absolute Gasteiger partial charge is 0.472 e. The summed E-state index contributed by atoms with van der Waals surface area (Å²) < 4.78 is 28.2. The number of hydrogen-bond acceptors (Lipinski definition) is 10. The van der Waals surface area contributed by atoms with Gasteiger partial charge in [-0.1, -0.05) is 33.3 Å². The van der Waals surface area contributed by atoms with Crippen molar-refractivity contribution in [2.75, 3.05) is 7.11 Å². The summed E-state index contributed by atoms with van der Waals surface area (Å²) in [7, 11) is 1.25. The lowest BCUT2D eigenvalue weighted by Gasteiger charge is -2.68. The average Bonchev–Trinajstić information content (AvgIpc) is 3.46. The Bertz CT molecular complexity index is 1270. The van der Waals surface area contributed by atoms with Crippen LogP contribution in [0.25, 0.3) is 0 Å². The second kappa shape index (κ2) is 7.95. The van der Waals surface area contributed by atoms with Crippen molar-refractivity contribution < 1.29 is 48.0 Å². The van der Waals surface area contributed by atoms with Crippen molar-refractivity contribution in [1.29, 1.82) is 0 Å². The van der Waals surface area contributed by atoms with Crippen molar-refractivity contribution in [2.45, 2.75) is 83.6 Å². The van der Waals surface area contributed by atoms with Crippen LogP contribution in [0.15, 0.2) is 34.7 Å². The molecule has 10 atom stereocenters. The van der Waals surface area contributed by atoms with E-state index in [1.54, 1.807) is 24.7 Å². The minimum absolute atomic E-state index is 0.0886. The summed E-state index contributed by atoms with van der Waals surface area (Å²) in [5.41, 5.74) is -3.40. The van der Waals surface area contributed by atoms with Gasteiger partial charge in [0.2, 0.25) is 5.79 Å². The lowest BCUT2D eigenvalue weighted by molar-refractivity contribution is -0.369. The number of cyclic esters (lactones) is 1. The predicted molar refractivity (Wildman–Crippen MR) is 132 cm³/mol. The SMILES string of the molecule is COC(=O)[C@H]1O[C@@]2(O)[C@]3(C)[C@H]4CC[C@]5(C)[C@@H](CC(=O)O[C@H]5c5ccoc5)C4=C[C@@]2(O)[C@@H](OC(C)=O)C(C)(C)[C@H]13. The minimum Gasteiger partial charge on any atom is -0.472 e. The zero-order valence-corrected chi connectivity index (χ0v) is 23.1. The first-order valence-corrected chi connectivity index (χ1v) is 13.5. The number of hydrogen-bond donors (Lipinski definition) is 2. The van der Waals surface area contributed by atoms with Crippen molar-refractivity contribution in [3.05, 3.63) is 35.8 Å². The zero-order valence-electron chi connectivity index (χ0n) is 23.1. The summed E-state index contributed by atoms with van der Waals surface area (Å²) >= 11 is 0. The Labute approximate surface area is 226 Å². The van der Waals surface area contributed by atoms with E-state index < -0.39 is 63.8 Å². The maximum absolute atomic E-state index is 13.1. The smallest absolute Gasteiger partial charge is 0.335 e. The Morgan fingerprint density at radius 2 is 1.85 bits per heavy atom. The molecule has 10 heteroatoms. The third kappa shape index (κ3) is 3.00. The van der Waals surface area contributed by atoms with Crippen LogP contribution in [0.3, 0.4) is 0 Å². The van der Waals surface area contributed by atoms with Crippen LogP contribution in [0.2, 0.25) is 0 Å². The first kappa shape index (κ1) is 26.5. The van der Waals surface area contributed by atoms with Gasteiger partial charge in [-0.15, -0.1) is 0 Å². The maximum Gasteiger partial charge on any atom is 0.335 e. The van der Waals surface area contributed by atoms with E-state index >= 15 is 0 Å². The number of allylic oxidation sites excluding steroid dienone is 1. The van der Waals surface area contributed by atoms with E-state index in [0.29, 0.717) is 12.8 Å². The van der Waals surface area contributed by atoms with Gasteiger partial charge in [0, 0.05) is 34.7 Å². The highest BCUT2D eigenvalue weighted by Crippen LogP contribution is 2.76. The number of fused-ring (bicyclic) bond motifs is 3. The molecule has 2 aliphatic heterocycles. The standard InChI is InChI=1S/C29H36O10/c1-14(30)37-24-25(2,3)21-20(23(32)35-6)39-29(34)27(21,5)17-7-9-26(4)18(16(17)12-28(24,29)33)11-19(31)38-22(26)15-8-10-36-13-15/h8,10,12-13,17-18,20-22,24,33-34H,7,9,11H2,1-6H3/t17-,18-,20-,21-,22-,24-,26+,27+,28+,29-/m0/s1. The van der Waals surface area contributed by atoms with Crippen molar-refractivity contribution in [3.8, 4) is 0 Å². The Kier molecular flexibility index (Phi) is 5.41. The molecule has 4 fully saturated rings. The van der Waals surface area contributed by atoms with Crippen LogP contribution in [-0.2, 0) is 33.3 Å². The van der Waals surface area contributed by atoms with E-state index in [1.807, 2.05) is 20.8 Å². The highest BCUT2D eigenvalue weighted by molar-refractivity contribution is 5.77. The fourth-order valence-corrected chi connectivity index (χ4v) is 9.37. The van der Waals surface area contributed by atoms with Gasteiger partial charge in [0.1, 0.15) is 12.2 Å². The van der Waals surface area contributed by atoms with Crippen LogP contribution in [0.5, 0.6) is 0 Å². The highest BCUT2D eigenvalue weighted by atomic mass is 16.7. The highest BCUT2D eigenvalue weighted by Gasteiger charge is 2.86. The van der Waals surface area contributed by atoms with E-state index in [1.165, 1.54) is 14.0 Å². The molecule has 212 valence electrons. The first-order valence-electron chi connectivity index (χ1n) is 13.5. The van der Waals surface area contributed by atoms with Gasteiger partial charge >= 0.3 is 17.9 Å². The molecule has 0 spiro atoms. The number of carbonyl (C=O) groups is 3. The normalized spacial score (nSPS) is 47.3. The maximum atomic E-state index is 13.1. The minimum atomic E-state index is -2.26. The van der Waals surface area contributed by atoms with Gasteiger partial charge in [-0.2, -0.15) is 0 Å². The Morgan fingerprint density at radius 1 is 1.13 bits per heavy atom. The molecule has 39 heavy (non-hydrogen) atoms. The van der Waals surface area contributed by atoms with Gasteiger partial charge in [-0.3, -0.25) is 9.59 Å². The predicted octanol–water partition coefficient (Wildman–Crippen LogP) is 2.83. The third-order valence-electron chi connectivity index (χ3n) is 10.9. The third-order valence-corrected chi connectivity index (χ3v) is 10.9. The number of aliphatic hydroxyl groups is 2. The van der Waals surface area contributed by atoms with Crippen LogP contribution in [0.1, 0.15) is 65.5 Å². The fourth-order valence-electron chi connectivity index (χ4n) is 9.37. The summed E-state index contributed by atoms with van der Waals surface area (Å²) in [6.45, 7) is 8.78. The van der Waals surface area contributed by atoms with Gasteiger partial charge in [0.15, 0.2) is 11.7 Å². The van der Waals surface area contributed by atoms with Crippen LogP contribution in [-0.4, -0.2) is 58.8 Å². The molecule has 0 aromatic carbocycles. The summed E-state index contributed by atoms with van der Waals surface area (Å²) in [6, 6.07) is 1.79. The molecular formula is C29H36O10. The van der Waals surface area contributed by atoms with Crippen LogP contribution >= 0.6 is 0 Å². The van der Waals surface area contributed by atoms with Gasteiger partial charge in [0.25, 0.3) is 0 Å². The molecule has 10 nitrogen and oxygen atoms in total. The molecule has 5 aliphatic rings. The van der Waals surface area contributed by atoms with E-state index in [0.717, 1.165) is 11.1 Å². The summed E-state index contributed by atoms with van der Waals surface area (Å²) in [6.07, 6.45) is 2.99. The summed E-state index contributed by atoms with van der Waals surface area (Å²) in [5.74, 6) is -5.33. The van der Waals surface area contributed by atoms with Crippen molar-refractivity contribution in [2.24, 2.45) is 34.0 Å². The lowest BCUT2D eigenvalue weighted by atomic mass is 9.38. The first-order chi connectivity index (χ1) is 18.2. The number of furan rings is 1. The molecule has 2 N–H and O–H groups in total. The molecule has 4 bridgehead atoms. The van der Waals surface area contributed by atoms with Crippen LogP contribution in [0.4, 0.5) is 0 Å². The topological polar surface area (TPSA) is 142 Å². The van der Waals surface area contributed by atoms with Gasteiger partial charge in [-0.05, 0) is 36.8 Å². The second-order valence-corrected chi connectivity index (χ2v) is 13.0. The molecule has 1 aromatic heterocycles. The number of ether oxygens (including phenoxy) is 4. The van der Waals surface area contributed by atoms with Crippen molar-refractivity contribution >= 4 is 17.9 Å². The van der Waals surface area contributed by atoms with Crippen molar-refractivity contribution in [3.63, 3.8) is 0 Å². The number of methoxy groups -OCH3 is 1. The average molecular weight is 545 g/mol. The molecule has 2 saturated heterocycles. The molecule has 2 saturated carbocycles. The summed E-state index contributed by atoms with van der Waals surface area (Å²) in [5, 5.41) is 24.9. The van der Waals surface area contributed by atoms with E-state index in [9.17, 15) is 24.6 Å². The molecule has 0 amide bonds. The number of esters is 3. The molecule has 6 rings (SSSR count). The molecular weight excluding hydrogens is 508 g/mol. The van der Waals surface area contributed by atoms with Gasteiger partial charge < -0.3 is 33.6 Å². The van der Waals surface area contributed by atoms with Crippen molar-refractivity contribution in [1.82, 2.24) is 0 Å². The van der Waals surface area contributed by atoms with Gasteiger partial charge in [-0.25, -0.2) is 4.79 Å². The molecule has 0 unspecified atom stereocenters. The molecule has 3 heterocycles. The second-order valence-electron chi connectivity index (χ2n) is 13.0. The zero-order chi connectivity index (χ0) is 28.3. The summed E-state index contributed by atoms with van der Waals surface area (Å²) in [4.78, 5) is 38.4. The monoisotopic (exact) mass is 544 g/mol.